The zero-order valence-electron chi connectivity index (χ0n) is 16.1. The lowest BCUT2D eigenvalue weighted by Gasteiger charge is -2.37. The van der Waals surface area contributed by atoms with Gasteiger partial charge in [0, 0.05) is 52.4 Å². The molecule has 0 aromatic rings. The molecule has 6 heteroatoms. The summed E-state index contributed by atoms with van der Waals surface area (Å²) in [6.07, 6.45) is 2.65. The minimum Gasteiger partial charge on any atom is -0.357 e. The first-order valence-corrected chi connectivity index (χ1v) is 9.52. The maximum absolute atomic E-state index is 4.97. The molecule has 0 radical (unpaired) electrons. The van der Waals surface area contributed by atoms with Crippen LogP contribution in [-0.4, -0.2) is 86.6 Å². The maximum atomic E-state index is 4.97. The average Bonchev–Trinajstić information content (AvgIpc) is 2.52. The maximum Gasteiger partial charge on any atom is 0.194 e. The van der Waals surface area contributed by atoms with Gasteiger partial charge in [0.15, 0.2) is 5.96 Å². The highest BCUT2D eigenvalue weighted by Crippen LogP contribution is 2.15. The third-order valence-electron chi connectivity index (χ3n) is 4.85. The van der Waals surface area contributed by atoms with Crippen LogP contribution in [0.3, 0.4) is 0 Å². The van der Waals surface area contributed by atoms with E-state index in [1.807, 2.05) is 0 Å². The number of likely N-dealkylation sites (tertiary alicyclic amines) is 1. The molecule has 24 heavy (non-hydrogen) atoms. The largest absolute Gasteiger partial charge is 0.357 e. The first-order valence-electron chi connectivity index (χ1n) is 9.52. The lowest BCUT2D eigenvalue weighted by Crippen LogP contribution is -2.53. The van der Waals surface area contributed by atoms with Crippen molar-refractivity contribution >= 4 is 29.9 Å². The predicted octanol–water partition coefficient (Wildman–Crippen LogP) is 2.19. The van der Waals surface area contributed by atoms with Gasteiger partial charge in [-0.15, -0.1) is 24.0 Å². The topological polar surface area (TPSA) is 34.1 Å². The van der Waals surface area contributed by atoms with E-state index in [4.69, 9.17) is 4.99 Å². The van der Waals surface area contributed by atoms with Crippen LogP contribution in [0.25, 0.3) is 0 Å². The number of hydrogen-bond acceptors (Lipinski definition) is 3. The molecule has 2 heterocycles. The monoisotopic (exact) mass is 451 g/mol. The Morgan fingerprint density at radius 2 is 1.88 bits per heavy atom. The highest BCUT2D eigenvalue weighted by molar-refractivity contribution is 14.0. The molecule has 0 bridgehead atoms. The van der Waals surface area contributed by atoms with E-state index in [1.54, 1.807) is 0 Å². The number of halogens is 1. The first-order chi connectivity index (χ1) is 11.1. The van der Waals surface area contributed by atoms with Gasteiger partial charge in [-0.3, -0.25) is 9.89 Å². The second-order valence-corrected chi connectivity index (χ2v) is 7.65. The summed E-state index contributed by atoms with van der Waals surface area (Å²) in [6.45, 7) is 16.9. The number of nitrogens with one attached hydrogen (secondary N) is 1. The molecule has 1 unspecified atom stereocenters. The molecule has 2 aliphatic rings. The summed E-state index contributed by atoms with van der Waals surface area (Å²) in [4.78, 5) is 12.4. The lowest BCUT2D eigenvalue weighted by molar-refractivity contribution is 0.163. The van der Waals surface area contributed by atoms with Gasteiger partial charge in [0.2, 0.25) is 0 Å². The molecule has 2 saturated heterocycles. The highest BCUT2D eigenvalue weighted by atomic mass is 127. The van der Waals surface area contributed by atoms with Crippen molar-refractivity contribution in [2.24, 2.45) is 16.8 Å². The van der Waals surface area contributed by atoms with Gasteiger partial charge >= 0.3 is 0 Å². The molecule has 142 valence electrons. The fourth-order valence-corrected chi connectivity index (χ4v) is 3.72. The highest BCUT2D eigenvalue weighted by Gasteiger charge is 2.21. The lowest BCUT2D eigenvalue weighted by atomic mass is 9.99. The third kappa shape index (κ3) is 7.44. The molecule has 0 aromatic heterocycles. The van der Waals surface area contributed by atoms with Crippen LogP contribution in [0, 0.1) is 11.8 Å². The molecule has 1 atom stereocenters. The molecule has 5 nitrogen and oxygen atoms in total. The Balaban J connectivity index is 0.00000288. The molecule has 0 saturated carbocycles. The zero-order valence-corrected chi connectivity index (χ0v) is 18.5. The first kappa shape index (κ1) is 22.0. The van der Waals surface area contributed by atoms with E-state index in [1.165, 1.54) is 32.5 Å². The van der Waals surface area contributed by atoms with Gasteiger partial charge in [-0.1, -0.05) is 13.8 Å². The smallest absolute Gasteiger partial charge is 0.194 e. The van der Waals surface area contributed by atoms with Crippen LogP contribution in [-0.2, 0) is 0 Å². The van der Waals surface area contributed by atoms with Crippen molar-refractivity contribution in [2.45, 2.75) is 33.6 Å². The number of guanidine groups is 1. The number of hydrogen-bond donors (Lipinski definition) is 1. The van der Waals surface area contributed by atoms with Crippen LogP contribution >= 0.6 is 24.0 Å². The SMILES string of the molecule is CCNC(=NCC1CCCN(C)C1)N1CCN(CC(C)C)CC1.I. The van der Waals surface area contributed by atoms with E-state index < -0.39 is 0 Å². The minimum absolute atomic E-state index is 0. The van der Waals surface area contributed by atoms with Gasteiger partial charge in [0.05, 0.1) is 0 Å². The standard InChI is InChI=1S/C18H37N5.HI/c1-5-19-18(20-13-17-7-6-8-21(4)15-17)23-11-9-22(10-12-23)14-16(2)3;/h16-17H,5-15H2,1-4H3,(H,19,20);1H. The molecule has 0 aromatic carbocycles. The molecule has 2 fully saturated rings. The van der Waals surface area contributed by atoms with E-state index in [2.05, 4.69) is 47.8 Å². The van der Waals surface area contributed by atoms with Crippen molar-refractivity contribution in [1.29, 1.82) is 0 Å². The second-order valence-electron chi connectivity index (χ2n) is 7.65. The van der Waals surface area contributed by atoms with E-state index in [9.17, 15) is 0 Å². The predicted molar refractivity (Wildman–Crippen MR) is 114 cm³/mol. The molecular weight excluding hydrogens is 413 g/mol. The van der Waals surface area contributed by atoms with Crippen LogP contribution in [0.5, 0.6) is 0 Å². The summed E-state index contributed by atoms with van der Waals surface area (Å²) >= 11 is 0. The quantitative estimate of drug-likeness (QED) is 0.395. The molecule has 2 rings (SSSR count). The van der Waals surface area contributed by atoms with Gasteiger partial charge in [-0.25, -0.2) is 0 Å². The van der Waals surface area contributed by atoms with Crippen LogP contribution in [0.15, 0.2) is 4.99 Å². The molecule has 0 spiro atoms. The molecule has 0 amide bonds. The second kappa shape index (κ2) is 11.5. The Hall–Kier alpha value is -0.0800. The zero-order chi connectivity index (χ0) is 16.7. The summed E-state index contributed by atoms with van der Waals surface area (Å²) in [5.41, 5.74) is 0. The van der Waals surface area contributed by atoms with Crippen LogP contribution in [0.4, 0.5) is 0 Å². The van der Waals surface area contributed by atoms with Crippen LogP contribution in [0.2, 0.25) is 0 Å². The summed E-state index contributed by atoms with van der Waals surface area (Å²) in [5.74, 6) is 2.61. The Morgan fingerprint density at radius 3 is 2.46 bits per heavy atom. The van der Waals surface area contributed by atoms with Crippen molar-refractivity contribution in [1.82, 2.24) is 20.0 Å². The number of rotatable bonds is 5. The number of piperidine rings is 1. The van der Waals surface area contributed by atoms with E-state index in [-0.39, 0.29) is 24.0 Å². The normalized spacial score (nSPS) is 24.1. The molecule has 1 N–H and O–H groups in total. The molecule has 0 aliphatic carbocycles. The van der Waals surface area contributed by atoms with Crippen LogP contribution in [0.1, 0.15) is 33.6 Å². The summed E-state index contributed by atoms with van der Waals surface area (Å²) in [7, 11) is 2.23. The Bertz CT molecular complexity index is 366. The van der Waals surface area contributed by atoms with Crippen molar-refractivity contribution in [3.63, 3.8) is 0 Å². The number of piperazine rings is 1. The Labute approximate surface area is 166 Å². The summed E-state index contributed by atoms with van der Waals surface area (Å²) in [5, 5.41) is 3.50. The summed E-state index contributed by atoms with van der Waals surface area (Å²) < 4.78 is 0. The fraction of sp³-hybridized carbons (Fsp3) is 0.944. The van der Waals surface area contributed by atoms with Crippen molar-refractivity contribution in [3.8, 4) is 0 Å². The van der Waals surface area contributed by atoms with E-state index in [0.29, 0.717) is 0 Å². The third-order valence-corrected chi connectivity index (χ3v) is 4.85. The van der Waals surface area contributed by atoms with E-state index in [0.717, 1.165) is 57.1 Å². The van der Waals surface area contributed by atoms with Gasteiger partial charge in [-0.2, -0.15) is 0 Å². The van der Waals surface area contributed by atoms with E-state index >= 15 is 0 Å². The summed E-state index contributed by atoms with van der Waals surface area (Å²) in [6, 6.07) is 0. The minimum atomic E-state index is 0. The molecular formula is C18H38IN5. The fourth-order valence-electron chi connectivity index (χ4n) is 3.72. The molecule has 2 aliphatic heterocycles. The van der Waals surface area contributed by atoms with Crippen molar-refractivity contribution in [2.75, 3.05) is 66.0 Å². The van der Waals surface area contributed by atoms with Gasteiger partial charge in [-0.05, 0) is 45.2 Å². The van der Waals surface area contributed by atoms with Crippen molar-refractivity contribution < 1.29 is 0 Å². The average molecular weight is 451 g/mol. The number of nitrogens with zero attached hydrogens (tertiary/aromatic N) is 4. The van der Waals surface area contributed by atoms with Crippen molar-refractivity contribution in [3.05, 3.63) is 0 Å². The van der Waals surface area contributed by atoms with Gasteiger partial charge < -0.3 is 15.1 Å². The van der Waals surface area contributed by atoms with Gasteiger partial charge in [0.1, 0.15) is 0 Å². The van der Waals surface area contributed by atoms with Crippen LogP contribution < -0.4 is 5.32 Å². The Kier molecular flexibility index (Phi) is 10.5. The number of aliphatic imine (C=N–C) groups is 1. The Morgan fingerprint density at radius 1 is 1.17 bits per heavy atom. The van der Waals surface area contributed by atoms with Gasteiger partial charge in [0.25, 0.3) is 0 Å².